The minimum absolute atomic E-state index is 0.0586. The zero-order chi connectivity index (χ0) is 16.4. The van der Waals surface area contributed by atoms with E-state index in [0.717, 1.165) is 0 Å². The molecule has 0 saturated heterocycles. The average molecular weight is 305 g/mol. The Kier molecular flexibility index (Phi) is 3.68. The topological polar surface area (TPSA) is 77.9 Å². The highest BCUT2D eigenvalue weighted by atomic mass is 16.4. The van der Waals surface area contributed by atoms with Crippen LogP contribution in [-0.4, -0.2) is 15.7 Å². The van der Waals surface area contributed by atoms with Crippen molar-refractivity contribution in [1.82, 2.24) is 9.78 Å². The fraction of sp³-hybridized carbons (Fsp3) is 0. The molecule has 3 aromatic rings. The van der Waals surface area contributed by atoms with Gasteiger partial charge in [-0.1, -0.05) is 43.0 Å². The standard InChI is InChI=1S/C18H14N2O3/c1-12-16(11-13-6-5-7-14(10-13)18(22)23)17(21)20(19-12)15-8-3-2-4-9-15/h2-11,19H,1H2,(H,22,23)/p-1. The van der Waals surface area contributed by atoms with Crippen LogP contribution in [0.25, 0.3) is 18.3 Å². The number of carboxylic acids is 1. The van der Waals surface area contributed by atoms with Crippen molar-refractivity contribution in [1.29, 1.82) is 0 Å². The Morgan fingerprint density at radius 1 is 1.13 bits per heavy atom. The van der Waals surface area contributed by atoms with Gasteiger partial charge in [-0.15, -0.1) is 0 Å². The smallest absolute Gasteiger partial charge is 0.279 e. The molecule has 23 heavy (non-hydrogen) atoms. The van der Waals surface area contributed by atoms with Crippen LogP contribution in [0.3, 0.4) is 0 Å². The molecular weight excluding hydrogens is 292 g/mol. The molecule has 0 amide bonds. The number of para-hydroxylation sites is 1. The Bertz CT molecular complexity index is 1030. The van der Waals surface area contributed by atoms with Crippen molar-refractivity contribution in [2.75, 3.05) is 0 Å². The largest absolute Gasteiger partial charge is 0.545 e. The highest BCUT2D eigenvalue weighted by Crippen LogP contribution is 2.05. The van der Waals surface area contributed by atoms with E-state index in [1.165, 1.54) is 16.8 Å². The molecule has 0 atom stereocenters. The van der Waals surface area contributed by atoms with Crippen LogP contribution in [0.5, 0.6) is 0 Å². The first-order valence-corrected chi connectivity index (χ1v) is 6.95. The van der Waals surface area contributed by atoms with Gasteiger partial charge in [0.1, 0.15) is 0 Å². The van der Waals surface area contributed by atoms with Crippen LogP contribution >= 0.6 is 0 Å². The van der Waals surface area contributed by atoms with Crippen LogP contribution in [0.15, 0.2) is 59.4 Å². The number of benzene rings is 2. The van der Waals surface area contributed by atoms with Gasteiger partial charge < -0.3 is 9.90 Å². The first-order valence-electron chi connectivity index (χ1n) is 6.95. The van der Waals surface area contributed by atoms with Gasteiger partial charge in [-0.3, -0.25) is 9.89 Å². The number of nitrogens with zero attached hydrogens (tertiary/aromatic N) is 1. The van der Waals surface area contributed by atoms with Gasteiger partial charge in [0.2, 0.25) is 0 Å². The molecule has 0 aliphatic heterocycles. The van der Waals surface area contributed by atoms with Gasteiger partial charge in [0.15, 0.2) is 0 Å². The molecule has 5 nitrogen and oxygen atoms in total. The van der Waals surface area contributed by atoms with Crippen molar-refractivity contribution >= 4 is 18.6 Å². The lowest BCUT2D eigenvalue weighted by molar-refractivity contribution is -0.255. The Morgan fingerprint density at radius 2 is 1.87 bits per heavy atom. The van der Waals surface area contributed by atoms with Crippen LogP contribution in [0, 0.1) is 0 Å². The lowest BCUT2D eigenvalue weighted by Gasteiger charge is -2.02. The number of aromatic nitrogens is 2. The second-order valence-electron chi connectivity index (χ2n) is 5.04. The molecule has 1 aromatic heterocycles. The van der Waals surface area contributed by atoms with E-state index in [0.29, 0.717) is 21.8 Å². The lowest BCUT2D eigenvalue weighted by atomic mass is 10.1. The van der Waals surface area contributed by atoms with Crippen LogP contribution in [0.2, 0.25) is 0 Å². The van der Waals surface area contributed by atoms with Crippen LogP contribution in [-0.2, 0) is 0 Å². The molecule has 0 unspecified atom stereocenters. The summed E-state index contributed by atoms with van der Waals surface area (Å²) in [5, 5.41) is 14.7. The van der Waals surface area contributed by atoms with E-state index >= 15 is 0 Å². The van der Waals surface area contributed by atoms with Gasteiger partial charge in [-0.25, -0.2) is 4.68 Å². The Hall–Kier alpha value is -3.34. The molecule has 1 N–H and O–H groups in total. The maximum Gasteiger partial charge on any atom is 0.279 e. The summed E-state index contributed by atoms with van der Waals surface area (Å²) in [6.45, 7) is 3.84. The number of nitrogens with one attached hydrogen (secondary N) is 1. The highest BCUT2D eigenvalue weighted by molar-refractivity contribution is 5.86. The summed E-state index contributed by atoms with van der Waals surface area (Å²) in [6.07, 6.45) is 1.60. The van der Waals surface area contributed by atoms with Gasteiger partial charge in [-0.05, 0) is 35.4 Å². The first-order chi connectivity index (χ1) is 11.1. The van der Waals surface area contributed by atoms with Crippen molar-refractivity contribution in [3.05, 3.63) is 86.6 Å². The first kappa shape index (κ1) is 14.6. The second kappa shape index (κ2) is 5.81. The van der Waals surface area contributed by atoms with E-state index in [-0.39, 0.29) is 11.1 Å². The van der Waals surface area contributed by atoms with Crippen molar-refractivity contribution in [2.24, 2.45) is 0 Å². The molecule has 2 aromatic carbocycles. The number of H-pyrrole nitrogens is 1. The summed E-state index contributed by atoms with van der Waals surface area (Å²) in [4.78, 5) is 23.5. The summed E-state index contributed by atoms with van der Waals surface area (Å²) in [7, 11) is 0. The maximum atomic E-state index is 12.5. The molecular formula is C18H13N2O3-. The molecule has 0 aliphatic rings. The zero-order valence-corrected chi connectivity index (χ0v) is 12.2. The van der Waals surface area contributed by atoms with E-state index in [1.54, 1.807) is 30.3 Å². The van der Waals surface area contributed by atoms with E-state index in [4.69, 9.17) is 0 Å². The third kappa shape index (κ3) is 2.85. The molecule has 3 rings (SSSR count). The Labute approximate surface area is 131 Å². The number of aromatic amines is 1. The summed E-state index contributed by atoms with van der Waals surface area (Å²) in [6, 6.07) is 15.3. The second-order valence-corrected chi connectivity index (χ2v) is 5.04. The SMILES string of the molecule is C=c1[nH]n(-c2ccccc2)c(=O)c1=Cc1cccc(C(=O)[O-])c1. The van der Waals surface area contributed by atoms with E-state index in [9.17, 15) is 14.7 Å². The van der Waals surface area contributed by atoms with Gasteiger partial charge in [0, 0.05) is 0 Å². The van der Waals surface area contributed by atoms with E-state index in [1.807, 2.05) is 18.2 Å². The molecule has 0 spiro atoms. The summed E-state index contributed by atoms with van der Waals surface area (Å²) >= 11 is 0. The van der Waals surface area contributed by atoms with Crippen LogP contribution in [0.1, 0.15) is 15.9 Å². The number of carbonyl (C=O) groups excluding carboxylic acids is 1. The Balaban J connectivity index is 2.17. The quantitative estimate of drug-likeness (QED) is 0.726. The van der Waals surface area contributed by atoms with Crippen molar-refractivity contribution in [2.45, 2.75) is 0 Å². The van der Waals surface area contributed by atoms with Crippen molar-refractivity contribution in [3.63, 3.8) is 0 Å². The highest BCUT2D eigenvalue weighted by Gasteiger charge is 2.04. The third-order valence-electron chi connectivity index (χ3n) is 3.45. The zero-order valence-electron chi connectivity index (χ0n) is 12.2. The fourth-order valence-electron chi connectivity index (χ4n) is 2.33. The number of carboxylic acid groups (broad SMARTS) is 1. The molecule has 5 heteroatoms. The Morgan fingerprint density at radius 3 is 2.57 bits per heavy atom. The minimum Gasteiger partial charge on any atom is -0.545 e. The van der Waals surface area contributed by atoms with Gasteiger partial charge in [-0.2, -0.15) is 0 Å². The number of aromatic carboxylic acids is 1. The third-order valence-corrected chi connectivity index (χ3v) is 3.45. The van der Waals surface area contributed by atoms with Gasteiger partial charge in [0.05, 0.1) is 22.2 Å². The summed E-state index contributed by atoms with van der Waals surface area (Å²) < 4.78 is 1.40. The predicted molar refractivity (Wildman–Crippen MR) is 85.5 cm³/mol. The normalized spacial score (nSPS) is 11.6. The average Bonchev–Trinajstić information content (AvgIpc) is 2.84. The maximum absolute atomic E-state index is 12.5. The lowest BCUT2D eigenvalue weighted by Crippen LogP contribution is -2.34. The number of rotatable bonds is 3. The number of hydrogen-bond donors (Lipinski definition) is 1. The van der Waals surface area contributed by atoms with Gasteiger partial charge >= 0.3 is 0 Å². The van der Waals surface area contributed by atoms with Crippen molar-refractivity contribution < 1.29 is 9.90 Å². The van der Waals surface area contributed by atoms with Crippen LogP contribution in [0.4, 0.5) is 0 Å². The molecule has 1 heterocycles. The van der Waals surface area contributed by atoms with Crippen molar-refractivity contribution in [3.8, 4) is 5.69 Å². The molecule has 0 fully saturated rings. The molecule has 0 aliphatic carbocycles. The summed E-state index contributed by atoms with van der Waals surface area (Å²) in [5.74, 6) is -1.26. The molecule has 114 valence electrons. The monoisotopic (exact) mass is 305 g/mol. The van der Waals surface area contributed by atoms with E-state index in [2.05, 4.69) is 11.7 Å². The minimum atomic E-state index is -1.26. The van der Waals surface area contributed by atoms with Crippen LogP contribution < -0.4 is 21.2 Å². The molecule has 0 bridgehead atoms. The number of carbonyl (C=O) groups is 1. The number of hydrogen-bond acceptors (Lipinski definition) is 3. The van der Waals surface area contributed by atoms with E-state index < -0.39 is 5.97 Å². The van der Waals surface area contributed by atoms with Gasteiger partial charge in [0.25, 0.3) is 5.56 Å². The molecule has 0 radical (unpaired) electrons. The fourth-order valence-corrected chi connectivity index (χ4v) is 2.33. The predicted octanol–water partition coefficient (Wildman–Crippen LogP) is -0.232. The summed E-state index contributed by atoms with van der Waals surface area (Å²) in [5.41, 5.74) is 1.10. The molecule has 0 saturated carbocycles.